The van der Waals surface area contributed by atoms with E-state index < -0.39 is 0 Å². The number of benzene rings is 6. The lowest BCUT2D eigenvalue weighted by Gasteiger charge is -2.32. The molecular formula is C36H31BO2. The van der Waals surface area contributed by atoms with Crippen LogP contribution >= 0.6 is 0 Å². The molecule has 1 heterocycles. The summed E-state index contributed by atoms with van der Waals surface area (Å²) in [7, 11) is -0.373. The van der Waals surface area contributed by atoms with E-state index in [2.05, 4.69) is 143 Å². The largest absolute Gasteiger partial charge is 0.494 e. The van der Waals surface area contributed by atoms with Crippen molar-refractivity contribution in [1.82, 2.24) is 0 Å². The molecule has 2 nitrogen and oxygen atoms in total. The second-order valence-corrected chi connectivity index (χ2v) is 11.6. The van der Waals surface area contributed by atoms with Crippen molar-refractivity contribution in [2.45, 2.75) is 38.9 Å². The fourth-order valence-electron chi connectivity index (χ4n) is 5.88. The fourth-order valence-corrected chi connectivity index (χ4v) is 5.88. The molecule has 6 aromatic carbocycles. The van der Waals surface area contributed by atoms with Crippen LogP contribution < -0.4 is 5.46 Å². The van der Waals surface area contributed by atoms with E-state index in [0.717, 1.165) is 5.46 Å². The molecule has 1 aliphatic heterocycles. The van der Waals surface area contributed by atoms with E-state index in [0.29, 0.717) is 0 Å². The van der Waals surface area contributed by atoms with Crippen molar-refractivity contribution in [3.05, 3.63) is 115 Å². The van der Waals surface area contributed by atoms with Crippen LogP contribution in [0.3, 0.4) is 0 Å². The van der Waals surface area contributed by atoms with Crippen LogP contribution in [-0.4, -0.2) is 18.3 Å². The minimum Gasteiger partial charge on any atom is -0.399 e. The minimum absolute atomic E-state index is 0.364. The summed E-state index contributed by atoms with van der Waals surface area (Å²) < 4.78 is 12.7. The maximum absolute atomic E-state index is 6.33. The molecule has 0 bridgehead atoms. The Hall–Kier alpha value is -3.92. The summed E-state index contributed by atoms with van der Waals surface area (Å²) in [5.74, 6) is 0. The average Bonchev–Trinajstić information content (AvgIpc) is 3.17. The summed E-state index contributed by atoms with van der Waals surface area (Å²) in [6, 6.07) is 41.7. The predicted molar refractivity (Wildman–Crippen MR) is 166 cm³/mol. The second-order valence-electron chi connectivity index (χ2n) is 11.6. The van der Waals surface area contributed by atoms with Crippen molar-refractivity contribution in [1.29, 1.82) is 0 Å². The van der Waals surface area contributed by atoms with Crippen molar-refractivity contribution < 1.29 is 9.31 Å². The third kappa shape index (κ3) is 3.88. The highest BCUT2D eigenvalue weighted by Gasteiger charge is 2.51. The third-order valence-electron chi connectivity index (χ3n) is 8.68. The van der Waals surface area contributed by atoms with Crippen molar-refractivity contribution in [3.63, 3.8) is 0 Å². The molecule has 0 atom stereocenters. The second kappa shape index (κ2) is 8.81. The lowest BCUT2D eigenvalue weighted by Crippen LogP contribution is -2.41. The Morgan fingerprint density at radius 3 is 1.41 bits per heavy atom. The third-order valence-corrected chi connectivity index (χ3v) is 8.68. The van der Waals surface area contributed by atoms with Crippen LogP contribution in [0.5, 0.6) is 0 Å². The van der Waals surface area contributed by atoms with Gasteiger partial charge in [-0.15, -0.1) is 0 Å². The van der Waals surface area contributed by atoms with Gasteiger partial charge in [0.05, 0.1) is 11.2 Å². The number of hydrogen-bond donors (Lipinski definition) is 0. The zero-order chi connectivity index (χ0) is 26.8. The average molecular weight is 506 g/mol. The molecule has 1 fully saturated rings. The lowest BCUT2D eigenvalue weighted by atomic mass is 9.78. The quantitative estimate of drug-likeness (QED) is 0.176. The van der Waals surface area contributed by atoms with Gasteiger partial charge in [-0.25, -0.2) is 0 Å². The smallest absolute Gasteiger partial charge is 0.399 e. The highest BCUT2D eigenvalue weighted by atomic mass is 16.7. The van der Waals surface area contributed by atoms with Crippen LogP contribution in [0.2, 0.25) is 0 Å². The van der Waals surface area contributed by atoms with Gasteiger partial charge in [-0.05, 0) is 99.9 Å². The van der Waals surface area contributed by atoms with E-state index in [-0.39, 0.29) is 18.3 Å². The topological polar surface area (TPSA) is 18.5 Å². The molecule has 0 aromatic heterocycles. The van der Waals surface area contributed by atoms with Gasteiger partial charge in [0.15, 0.2) is 0 Å². The van der Waals surface area contributed by atoms with Gasteiger partial charge in [-0.2, -0.15) is 0 Å². The molecule has 0 saturated carbocycles. The summed E-state index contributed by atoms with van der Waals surface area (Å²) in [4.78, 5) is 0. The van der Waals surface area contributed by atoms with Gasteiger partial charge in [0, 0.05) is 0 Å². The number of hydrogen-bond acceptors (Lipinski definition) is 2. The first-order valence-electron chi connectivity index (χ1n) is 13.7. The Morgan fingerprint density at radius 1 is 0.462 bits per heavy atom. The monoisotopic (exact) mass is 506 g/mol. The molecule has 0 radical (unpaired) electrons. The first-order valence-corrected chi connectivity index (χ1v) is 13.7. The summed E-state index contributed by atoms with van der Waals surface area (Å²) in [6.07, 6.45) is 0. The molecule has 0 unspecified atom stereocenters. The molecule has 190 valence electrons. The Bertz CT molecular complexity index is 1840. The molecule has 1 aliphatic rings. The minimum atomic E-state index is -0.373. The molecule has 7 rings (SSSR count). The molecule has 0 spiro atoms. The van der Waals surface area contributed by atoms with Crippen LogP contribution in [0.25, 0.3) is 54.6 Å². The lowest BCUT2D eigenvalue weighted by molar-refractivity contribution is 0.00578. The van der Waals surface area contributed by atoms with Crippen LogP contribution in [0.4, 0.5) is 0 Å². The summed E-state index contributed by atoms with van der Waals surface area (Å²) in [5, 5.41) is 7.53. The number of fused-ring (bicyclic) bond motifs is 3. The molecule has 39 heavy (non-hydrogen) atoms. The SMILES string of the molecule is CC1(C)OB(c2ccc(-c3c4ccccc4c(-c4ccccc4)c4cc5ccccc5cc34)cc2)OC1(C)C. The maximum Gasteiger partial charge on any atom is 0.494 e. The molecule has 0 amide bonds. The first-order chi connectivity index (χ1) is 18.8. The van der Waals surface area contributed by atoms with Crippen LogP contribution in [0.15, 0.2) is 115 Å². The van der Waals surface area contributed by atoms with E-state index >= 15 is 0 Å². The fraction of sp³-hybridized carbons (Fsp3) is 0.167. The van der Waals surface area contributed by atoms with E-state index in [1.165, 1.54) is 54.6 Å². The van der Waals surface area contributed by atoms with E-state index in [1.807, 2.05) is 0 Å². The normalized spacial score (nSPS) is 16.4. The predicted octanol–water partition coefficient (Wildman–Crippen LogP) is 8.78. The highest BCUT2D eigenvalue weighted by Crippen LogP contribution is 2.45. The van der Waals surface area contributed by atoms with Gasteiger partial charge in [-0.3, -0.25) is 0 Å². The first kappa shape index (κ1) is 24.1. The Labute approximate surface area is 230 Å². The van der Waals surface area contributed by atoms with Crippen LogP contribution in [0, 0.1) is 0 Å². The van der Waals surface area contributed by atoms with E-state index in [1.54, 1.807) is 0 Å². The zero-order valence-electron chi connectivity index (χ0n) is 22.9. The molecular weight excluding hydrogens is 475 g/mol. The van der Waals surface area contributed by atoms with Gasteiger partial charge >= 0.3 is 7.12 Å². The Morgan fingerprint density at radius 2 is 0.897 bits per heavy atom. The molecule has 6 aromatic rings. The van der Waals surface area contributed by atoms with E-state index in [9.17, 15) is 0 Å². The van der Waals surface area contributed by atoms with E-state index in [4.69, 9.17) is 9.31 Å². The Balaban J connectivity index is 1.48. The Kier molecular flexibility index (Phi) is 5.45. The molecule has 3 heteroatoms. The molecule has 0 aliphatic carbocycles. The summed E-state index contributed by atoms with van der Waals surface area (Å²) in [6.45, 7) is 8.38. The van der Waals surface area contributed by atoms with Crippen LogP contribution in [-0.2, 0) is 9.31 Å². The summed E-state index contributed by atoms with van der Waals surface area (Å²) in [5.41, 5.74) is 5.27. The van der Waals surface area contributed by atoms with Gasteiger partial charge < -0.3 is 9.31 Å². The van der Waals surface area contributed by atoms with Crippen LogP contribution in [0.1, 0.15) is 27.7 Å². The zero-order valence-corrected chi connectivity index (χ0v) is 22.9. The van der Waals surface area contributed by atoms with Crippen molar-refractivity contribution in [2.24, 2.45) is 0 Å². The maximum atomic E-state index is 6.33. The van der Waals surface area contributed by atoms with Crippen molar-refractivity contribution in [3.8, 4) is 22.3 Å². The van der Waals surface area contributed by atoms with Gasteiger partial charge in [0.25, 0.3) is 0 Å². The van der Waals surface area contributed by atoms with Crippen molar-refractivity contribution in [2.75, 3.05) is 0 Å². The summed E-state index contributed by atoms with van der Waals surface area (Å²) >= 11 is 0. The van der Waals surface area contributed by atoms with Gasteiger partial charge in [0.2, 0.25) is 0 Å². The standard InChI is InChI=1S/C36H31BO2/c1-35(2)36(3,4)39-37(38-35)28-20-18-25(19-21-28)34-30-17-11-10-16-29(30)33(24-12-6-5-7-13-24)31-22-26-14-8-9-15-27(26)23-32(31)34/h5-23H,1-4H3. The van der Waals surface area contributed by atoms with Gasteiger partial charge in [0.1, 0.15) is 0 Å². The molecule has 0 N–H and O–H groups in total. The van der Waals surface area contributed by atoms with Crippen molar-refractivity contribution >= 4 is 44.9 Å². The van der Waals surface area contributed by atoms with Gasteiger partial charge in [-0.1, -0.05) is 103 Å². The number of rotatable bonds is 3. The molecule has 1 saturated heterocycles. The highest BCUT2D eigenvalue weighted by molar-refractivity contribution is 6.62.